The number of halogens is 1. The average molecular weight is 329 g/mol. The largest absolute Gasteiger partial charge is 0.497 e. The second kappa shape index (κ2) is 7.45. The quantitative estimate of drug-likeness (QED) is 0.866. The maximum atomic E-state index is 13.4. The topological polar surface area (TPSA) is 38.8 Å². The molecule has 126 valence electrons. The molecular weight excluding hydrogens is 309 g/mol. The van der Waals surface area contributed by atoms with Gasteiger partial charge in [0.25, 0.3) is 0 Å². The second-order valence-corrected chi connectivity index (χ2v) is 5.78. The standard InChI is InChI=1S/C19H20FNO3/c1-23-17-7-5-14(6-8-17)11-19(22)21-9-10-24-18(13-21)15-3-2-4-16(20)12-15/h2-8,12,18H,9-11,13H2,1H3/t18-/m1/s1. The van der Waals surface area contributed by atoms with E-state index in [1.807, 2.05) is 30.3 Å². The number of hydrogen-bond acceptors (Lipinski definition) is 3. The molecule has 1 aliphatic heterocycles. The van der Waals surface area contributed by atoms with Gasteiger partial charge in [0, 0.05) is 6.54 Å². The highest BCUT2D eigenvalue weighted by Gasteiger charge is 2.25. The van der Waals surface area contributed by atoms with E-state index in [4.69, 9.17) is 9.47 Å². The van der Waals surface area contributed by atoms with Crippen LogP contribution < -0.4 is 4.74 Å². The van der Waals surface area contributed by atoms with Crippen molar-refractivity contribution in [3.8, 4) is 5.75 Å². The Kier molecular flexibility index (Phi) is 5.11. The van der Waals surface area contributed by atoms with Crippen LogP contribution in [0.15, 0.2) is 48.5 Å². The summed E-state index contributed by atoms with van der Waals surface area (Å²) < 4.78 is 24.2. The number of hydrogen-bond donors (Lipinski definition) is 0. The fourth-order valence-electron chi connectivity index (χ4n) is 2.81. The minimum absolute atomic E-state index is 0.0462. The Morgan fingerprint density at radius 2 is 2.08 bits per heavy atom. The molecule has 1 fully saturated rings. The lowest BCUT2D eigenvalue weighted by atomic mass is 10.1. The maximum absolute atomic E-state index is 13.4. The van der Waals surface area contributed by atoms with Crippen LogP contribution in [0.1, 0.15) is 17.2 Å². The van der Waals surface area contributed by atoms with Gasteiger partial charge in [-0.2, -0.15) is 0 Å². The highest BCUT2D eigenvalue weighted by Crippen LogP contribution is 2.23. The third-order valence-electron chi connectivity index (χ3n) is 4.15. The van der Waals surface area contributed by atoms with Crippen LogP contribution in [0.3, 0.4) is 0 Å². The van der Waals surface area contributed by atoms with Crippen molar-refractivity contribution in [3.05, 3.63) is 65.5 Å². The molecule has 1 amide bonds. The number of carbonyl (C=O) groups excluding carboxylic acids is 1. The molecule has 4 nitrogen and oxygen atoms in total. The number of carbonyl (C=O) groups is 1. The van der Waals surface area contributed by atoms with Crippen molar-refractivity contribution in [2.24, 2.45) is 0 Å². The summed E-state index contributed by atoms with van der Waals surface area (Å²) in [7, 11) is 1.61. The number of ether oxygens (including phenoxy) is 2. The highest BCUT2D eigenvalue weighted by molar-refractivity contribution is 5.79. The Hall–Kier alpha value is -2.40. The van der Waals surface area contributed by atoms with E-state index >= 15 is 0 Å². The molecule has 0 spiro atoms. The molecule has 0 radical (unpaired) electrons. The molecule has 0 bridgehead atoms. The number of amides is 1. The van der Waals surface area contributed by atoms with Crippen LogP contribution in [0.2, 0.25) is 0 Å². The Morgan fingerprint density at radius 1 is 1.29 bits per heavy atom. The van der Waals surface area contributed by atoms with Gasteiger partial charge in [-0.1, -0.05) is 24.3 Å². The van der Waals surface area contributed by atoms with E-state index in [0.717, 1.165) is 16.9 Å². The molecule has 0 unspecified atom stereocenters. The van der Waals surface area contributed by atoms with Crippen LogP contribution in [0.4, 0.5) is 4.39 Å². The van der Waals surface area contributed by atoms with Gasteiger partial charge >= 0.3 is 0 Å². The summed E-state index contributed by atoms with van der Waals surface area (Å²) in [6, 6.07) is 13.8. The van der Waals surface area contributed by atoms with Crippen molar-refractivity contribution in [1.29, 1.82) is 0 Å². The summed E-state index contributed by atoms with van der Waals surface area (Å²) in [6.45, 7) is 1.45. The smallest absolute Gasteiger partial charge is 0.227 e. The zero-order valence-corrected chi connectivity index (χ0v) is 13.6. The first-order valence-electron chi connectivity index (χ1n) is 7.93. The third-order valence-corrected chi connectivity index (χ3v) is 4.15. The summed E-state index contributed by atoms with van der Waals surface area (Å²) in [5.74, 6) is 0.520. The Morgan fingerprint density at radius 3 is 2.79 bits per heavy atom. The van der Waals surface area contributed by atoms with Crippen molar-refractivity contribution < 1.29 is 18.7 Å². The first kappa shape index (κ1) is 16.5. The zero-order valence-electron chi connectivity index (χ0n) is 13.6. The third kappa shape index (κ3) is 3.92. The molecule has 0 saturated carbocycles. The first-order chi connectivity index (χ1) is 11.7. The summed E-state index contributed by atoms with van der Waals surface area (Å²) in [6.07, 6.45) is 0.0501. The van der Waals surface area contributed by atoms with Gasteiger partial charge in [-0.3, -0.25) is 4.79 Å². The Balaban J connectivity index is 1.64. The normalized spacial score (nSPS) is 17.6. The van der Waals surface area contributed by atoms with Crippen LogP contribution in [0, 0.1) is 5.82 Å². The fourth-order valence-corrected chi connectivity index (χ4v) is 2.81. The van der Waals surface area contributed by atoms with Gasteiger partial charge < -0.3 is 14.4 Å². The van der Waals surface area contributed by atoms with E-state index in [1.165, 1.54) is 12.1 Å². The molecule has 1 saturated heterocycles. The molecule has 0 aliphatic carbocycles. The van der Waals surface area contributed by atoms with E-state index in [2.05, 4.69) is 0 Å². The molecule has 2 aromatic rings. The van der Waals surface area contributed by atoms with Gasteiger partial charge in [-0.05, 0) is 35.4 Å². The van der Waals surface area contributed by atoms with Crippen molar-refractivity contribution >= 4 is 5.91 Å². The van der Waals surface area contributed by atoms with Crippen LogP contribution in [0.5, 0.6) is 5.75 Å². The number of benzene rings is 2. The van der Waals surface area contributed by atoms with Gasteiger partial charge in [0.05, 0.1) is 26.7 Å². The van der Waals surface area contributed by atoms with Gasteiger partial charge in [-0.15, -0.1) is 0 Å². The molecule has 2 aromatic carbocycles. The molecule has 24 heavy (non-hydrogen) atoms. The van der Waals surface area contributed by atoms with E-state index in [9.17, 15) is 9.18 Å². The predicted molar refractivity (Wildman–Crippen MR) is 88.4 cm³/mol. The van der Waals surface area contributed by atoms with Crippen LogP contribution in [-0.2, 0) is 16.0 Å². The highest BCUT2D eigenvalue weighted by atomic mass is 19.1. The second-order valence-electron chi connectivity index (χ2n) is 5.78. The molecule has 0 aromatic heterocycles. The van der Waals surface area contributed by atoms with Crippen molar-refractivity contribution in [2.45, 2.75) is 12.5 Å². The van der Waals surface area contributed by atoms with Crippen LogP contribution in [-0.4, -0.2) is 37.6 Å². The number of rotatable bonds is 4. The zero-order chi connectivity index (χ0) is 16.9. The molecule has 1 aliphatic rings. The molecule has 5 heteroatoms. The number of methoxy groups -OCH3 is 1. The van der Waals surface area contributed by atoms with Crippen molar-refractivity contribution in [1.82, 2.24) is 4.90 Å². The first-order valence-corrected chi connectivity index (χ1v) is 7.93. The minimum atomic E-state index is -0.294. The van der Waals surface area contributed by atoms with Gasteiger partial charge in [0.2, 0.25) is 5.91 Å². The van der Waals surface area contributed by atoms with Gasteiger partial charge in [0.1, 0.15) is 17.7 Å². The van der Waals surface area contributed by atoms with E-state index in [-0.39, 0.29) is 17.8 Å². The minimum Gasteiger partial charge on any atom is -0.497 e. The molecule has 1 atom stereocenters. The van der Waals surface area contributed by atoms with E-state index in [1.54, 1.807) is 18.1 Å². The van der Waals surface area contributed by atoms with Crippen molar-refractivity contribution in [2.75, 3.05) is 26.8 Å². The summed E-state index contributed by atoms with van der Waals surface area (Å²) in [5, 5.41) is 0. The SMILES string of the molecule is COc1ccc(CC(=O)N2CCO[C@@H](c3cccc(F)c3)C2)cc1. The van der Waals surface area contributed by atoms with Gasteiger partial charge in [-0.25, -0.2) is 4.39 Å². The van der Waals surface area contributed by atoms with Crippen LogP contribution >= 0.6 is 0 Å². The lowest BCUT2D eigenvalue weighted by molar-refractivity contribution is -0.138. The van der Waals surface area contributed by atoms with E-state index < -0.39 is 0 Å². The Labute approximate surface area is 140 Å². The van der Waals surface area contributed by atoms with Gasteiger partial charge in [0.15, 0.2) is 0 Å². The predicted octanol–water partition coefficient (Wildman–Crippen LogP) is 2.98. The molecule has 0 N–H and O–H groups in total. The Bertz CT molecular complexity index is 702. The molecular formula is C19H20FNO3. The lowest BCUT2D eigenvalue weighted by Gasteiger charge is -2.33. The monoisotopic (exact) mass is 329 g/mol. The maximum Gasteiger partial charge on any atom is 0.227 e. The molecule has 1 heterocycles. The van der Waals surface area contributed by atoms with E-state index in [0.29, 0.717) is 26.1 Å². The summed E-state index contributed by atoms with van der Waals surface area (Å²) in [5.41, 5.74) is 1.70. The average Bonchev–Trinajstić information content (AvgIpc) is 2.62. The van der Waals surface area contributed by atoms with Crippen LogP contribution in [0.25, 0.3) is 0 Å². The number of morpholine rings is 1. The summed E-state index contributed by atoms with van der Waals surface area (Å²) >= 11 is 0. The van der Waals surface area contributed by atoms with Crippen molar-refractivity contribution in [3.63, 3.8) is 0 Å². The number of nitrogens with zero attached hydrogens (tertiary/aromatic N) is 1. The molecule has 3 rings (SSSR count). The fraction of sp³-hybridized carbons (Fsp3) is 0.316. The summed E-state index contributed by atoms with van der Waals surface area (Å²) in [4.78, 5) is 14.3. The lowest BCUT2D eigenvalue weighted by Crippen LogP contribution is -2.43.